The van der Waals surface area contributed by atoms with Crippen LogP contribution in [0, 0.1) is 0 Å². The van der Waals surface area contributed by atoms with Crippen molar-refractivity contribution in [3.63, 3.8) is 0 Å². The van der Waals surface area contributed by atoms with Crippen LogP contribution in [0.1, 0.15) is 29.5 Å². The number of nitrogens with two attached hydrogens (primary N) is 1. The standard InChI is InChI=1S/C22H25BN2O4/c24-14-17-3-7-20-19(13-17)22(15-29-20)9-11-25(12-10-22)21(26)8-4-16-1-5-18(6-2-16)23(27)28/h1-8,13,27-28H,9-12,14-15,24H2/b8-4+. The van der Waals surface area contributed by atoms with E-state index in [1.165, 1.54) is 5.56 Å². The van der Waals surface area contributed by atoms with Crippen LogP contribution >= 0.6 is 0 Å². The van der Waals surface area contributed by atoms with Crippen molar-refractivity contribution in [2.45, 2.75) is 24.8 Å². The lowest BCUT2D eigenvalue weighted by Gasteiger charge is -2.38. The topological polar surface area (TPSA) is 96.0 Å². The Bertz CT molecular complexity index is 919. The van der Waals surface area contributed by atoms with E-state index in [0.29, 0.717) is 31.7 Å². The van der Waals surface area contributed by atoms with Gasteiger partial charge in [0.15, 0.2) is 0 Å². The first-order valence-corrected chi connectivity index (χ1v) is 9.90. The third kappa shape index (κ3) is 3.94. The monoisotopic (exact) mass is 392 g/mol. The minimum absolute atomic E-state index is 0.0130. The van der Waals surface area contributed by atoms with E-state index in [4.69, 9.17) is 20.5 Å². The maximum atomic E-state index is 12.6. The maximum Gasteiger partial charge on any atom is 0.488 e. The van der Waals surface area contributed by atoms with Gasteiger partial charge < -0.3 is 25.4 Å². The molecule has 29 heavy (non-hydrogen) atoms. The van der Waals surface area contributed by atoms with E-state index in [0.717, 1.165) is 29.7 Å². The average Bonchev–Trinajstić information content (AvgIpc) is 3.10. The zero-order valence-corrected chi connectivity index (χ0v) is 16.3. The molecule has 2 heterocycles. The molecule has 1 fully saturated rings. The summed E-state index contributed by atoms with van der Waals surface area (Å²) in [5, 5.41) is 18.3. The van der Waals surface area contributed by atoms with Crippen molar-refractivity contribution in [1.82, 2.24) is 4.90 Å². The van der Waals surface area contributed by atoms with E-state index in [9.17, 15) is 4.79 Å². The number of benzene rings is 2. The molecule has 0 bridgehead atoms. The highest BCUT2D eigenvalue weighted by atomic mass is 16.5. The Hall–Kier alpha value is -2.61. The number of hydrogen-bond acceptors (Lipinski definition) is 5. The van der Waals surface area contributed by atoms with Gasteiger partial charge in [-0.05, 0) is 41.6 Å². The highest BCUT2D eigenvalue weighted by Gasteiger charge is 2.43. The second-order valence-corrected chi connectivity index (χ2v) is 7.80. The summed E-state index contributed by atoms with van der Waals surface area (Å²) in [5.41, 5.74) is 9.37. The van der Waals surface area contributed by atoms with E-state index < -0.39 is 7.12 Å². The second kappa shape index (κ2) is 8.03. The molecular formula is C22H25BN2O4. The Morgan fingerprint density at radius 2 is 1.90 bits per heavy atom. The summed E-state index contributed by atoms with van der Waals surface area (Å²) in [6.07, 6.45) is 5.07. The normalized spacial score (nSPS) is 17.4. The molecule has 6 nitrogen and oxygen atoms in total. The molecule has 0 radical (unpaired) electrons. The first kappa shape index (κ1) is 19.7. The highest BCUT2D eigenvalue weighted by molar-refractivity contribution is 6.58. The van der Waals surface area contributed by atoms with Crippen molar-refractivity contribution in [2.24, 2.45) is 5.73 Å². The number of rotatable bonds is 4. The Morgan fingerprint density at radius 3 is 2.55 bits per heavy atom. The minimum atomic E-state index is -1.49. The van der Waals surface area contributed by atoms with Crippen LogP contribution in [0.3, 0.4) is 0 Å². The van der Waals surface area contributed by atoms with Gasteiger partial charge in [0.25, 0.3) is 0 Å². The molecule has 7 heteroatoms. The fourth-order valence-electron chi connectivity index (χ4n) is 4.16. The fourth-order valence-corrected chi connectivity index (χ4v) is 4.16. The molecule has 0 aromatic heterocycles. The molecule has 0 aliphatic carbocycles. The zero-order valence-electron chi connectivity index (χ0n) is 16.3. The van der Waals surface area contributed by atoms with Crippen LogP contribution < -0.4 is 15.9 Å². The molecule has 1 spiro atoms. The third-order valence-electron chi connectivity index (χ3n) is 6.04. The molecule has 4 rings (SSSR count). The van der Waals surface area contributed by atoms with Gasteiger partial charge in [-0.1, -0.05) is 36.4 Å². The van der Waals surface area contributed by atoms with Crippen molar-refractivity contribution in [3.05, 3.63) is 65.2 Å². The summed E-state index contributed by atoms with van der Waals surface area (Å²) in [5.74, 6) is 0.930. The lowest BCUT2D eigenvalue weighted by Crippen LogP contribution is -2.45. The molecule has 2 aliphatic heterocycles. The van der Waals surface area contributed by atoms with Crippen molar-refractivity contribution >= 4 is 24.6 Å². The van der Waals surface area contributed by atoms with Gasteiger partial charge in [0, 0.05) is 36.7 Å². The quantitative estimate of drug-likeness (QED) is 0.528. The van der Waals surface area contributed by atoms with Crippen LogP contribution in [0.2, 0.25) is 0 Å². The number of ether oxygens (including phenoxy) is 1. The van der Waals surface area contributed by atoms with E-state index in [1.54, 1.807) is 36.4 Å². The average molecular weight is 392 g/mol. The Balaban J connectivity index is 1.39. The van der Waals surface area contributed by atoms with Gasteiger partial charge >= 0.3 is 7.12 Å². The number of nitrogens with zero attached hydrogens (tertiary/aromatic N) is 1. The first-order valence-electron chi connectivity index (χ1n) is 9.90. The van der Waals surface area contributed by atoms with Gasteiger partial charge in [0.2, 0.25) is 5.91 Å². The van der Waals surface area contributed by atoms with Crippen molar-refractivity contribution in [1.29, 1.82) is 0 Å². The van der Waals surface area contributed by atoms with Crippen LogP contribution in [-0.2, 0) is 16.8 Å². The number of likely N-dealkylation sites (tertiary alicyclic amines) is 1. The van der Waals surface area contributed by atoms with Crippen LogP contribution in [0.5, 0.6) is 5.75 Å². The van der Waals surface area contributed by atoms with Crippen LogP contribution in [0.25, 0.3) is 6.08 Å². The van der Waals surface area contributed by atoms with Crippen LogP contribution in [0.15, 0.2) is 48.5 Å². The lowest BCUT2D eigenvalue weighted by atomic mass is 9.74. The molecule has 2 aromatic rings. The van der Waals surface area contributed by atoms with Gasteiger partial charge in [-0.2, -0.15) is 0 Å². The number of carbonyl (C=O) groups excluding carboxylic acids is 1. The summed E-state index contributed by atoms with van der Waals surface area (Å²) in [7, 11) is -1.49. The molecule has 0 unspecified atom stereocenters. The van der Waals surface area contributed by atoms with E-state index in [-0.39, 0.29) is 11.3 Å². The summed E-state index contributed by atoms with van der Waals surface area (Å²) in [6, 6.07) is 13.0. The summed E-state index contributed by atoms with van der Waals surface area (Å²) < 4.78 is 5.92. The van der Waals surface area contributed by atoms with E-state index >= 15 is 0 Å². The SMILES string of the molecule is NCc1ccc2c(c1)C1(CCN(C(=O)/C=C/c3ccc(B(O)O)cc3)CC1)CO2. The molecule has 2 aliphatic rings. The minimum Gasteiger partial charge on any atom is -0.492 e. The van der Waals surface area contributed by atoms with Crippen molar-refractivity contribution in [3.8, 4) is 5.75 Å². The fraction of sp³-hybridized carbons (Fsp3) is 0.318. The van der Waals surface area contributed by atoms with Gasteiger partial charge in [-0.3, -0.25) is 4.79 Å². The third-order valence-corrected chi connectivity index (χ3v) is 6.04. The lowest BCUT2D eigenvalue weighted by molar-refractivity contribution is -0.127. The van der Waals surface area contributed by atoms with Gasteiger partial charge in [0.05, 0.1) is 6.61 Å². The van der Waals surface area contributed by atoms with Gasteiger partial charge in [-0.25, -0.2) is 0 Å². The highest BCUT2D eigenvalue weighted by Crippen LogP contribution is 2.45. The zero-order chi connectivity index (χ0) is 20.4. The van der Waals surface area contributed by atoms with Crippen LogP contribution in [0.4, 0.5) is 0 Å². The summed E-state index contributed by atoms with van der Waals surface area (Å²) in [6.45, 7) is 2.55. The number of amides is 1. The van der Waals surface area contributed by atoms with Gasteiger partial charge in [0.1, 0.15) is 5.75 Å². The second-order valence-electron chi connectivity index (χ2n) is 7.80. The molecular weight excluding hydrogens is 367 g/mol. The summed E-state index contributed by atoms with van der Waals surface area (Å²) >= 11 is 0. The Labute approximate surface area is 170 Å². The Morgan fingerprint density at radius 1 is 1.17 bits per heavy atom. The first-order chi connectivity index (χ1) is 14.0. The molecule has 2 aromatic carbocycles. The number of carbonyl (C=O) groups is 1. The molecule has 4 N–H and O–H groups in total. The van der Waals surface area contributed by atoms with Crippen LogP contribution in [-0.4, -0.2) is 47.7 Å². The van der Waals surface area contributed by atoms with Crippen molar-refractivity contribution < 1.29 is 19.6 Å². The Kier molecular flexibility index (Phi) is 5.45. The number of piperidine rings is 1. The smallest absolute Gasteiger partial charge is 0.488 e. The molecule has 0 saturated carbocycles. The number of fused-ring (bicyclic) bond motifs is 2. The predicted octanol–water partition coefficient (Wildman–Crippen LogP) is 0.791. The predicted molar refractivity (Wildman–Crippen MR) is 113 cm³/mol. The van der Waals surface area contributed by atoms with E-state index in [2.05, 4.69) is 6.07 Å². The van der Waals surface area contributed by atoms with Gasteiger partial charge in [-0.15, -0.1) is 0 Å². The summed E-state index contributed by atoms with van der Waals surface area (Å²) in [4.78, 5) is 14.5. The van der Waals surface area contributed by atoms with E-state index in [1.807, 2.05) is 17.0 Å². The molecule has 1 saturated heterocycles. The maximum absolute atomic E-state index is 12.6. The molecule has 0 atom stereocenters. The number of hydrogen-bond donors (Lipinski definition) is 3. The molecule has 1 amide bonds. The largest absolute Gasteiger partial charge is 0.492 e. The van der Waals surface area contributed by atoms with Crippen molar-refractivity contribution in [2.75, 3.05) is 19.7 Å². The molecule has 150 valence electrons.